The Morgan fingerprint density at radius 1 is 1.19 bits per heavy atom. The zero-order valence-corrected chi connectivity index (χ0v) is 12.4. The Balaban J connectivity index is 2.18. The molecule has 0 radical (unpaired) electrons. The molecule has 0 spiro atoms. The first kappa shape index (κ1) is 15.4. The number of carboxylic acid groups (broad SMARTS) is 1. The maximum atomic E-state index is 11.2. The number of anilines is 1. The van der Waals surface area contributed by atoms with Gasteiger partial charge in [0.25, 0.3) is 0 Å². The fourth-order valence-electron chi connectivity index (χ4n) is 2.00. The normalized spacial score (nSPS) is 11.9. The van der Waals surface area contributed by atoms with Gasteiger partial charge in [0.15, 0.2) is 0 Å². The zero-order valence-electron chi connectivity index (χ0n) is 11.5. The number of nitrogens with one attached hydrogen (secondary N) is 1. The average molecular weight is 302 g/mol. The molecule has 0 aromatic heterocycles. The lowest BCUT2D eigenvalue weighted by molar-refractivity contribution is 0.0697. The SMILES string of the molecule is N[C@@H](CS)CNc1ccc(-c2ccccc2C(=O)O)cc1. The van der Waals surface area contributed by atoms with Gasteiger partial charge in [0.1, 0.15) is 0 Å². The molecule has 4 N–H and O–H groups in total. The number of rotatable bonds is 6. The second-order valence-electron chi connectivity index (χ2n) is 4.75. The van der Waals surface area contributed by atoms with Gasteiger partial charge in [0.2, 0.25) is 0 Å². The molecule has 0 aliphatic heterocycles. The molecule has 0 bridgehead atoms. The summed E-state index contributed by atoms with van der Waals surface area (Å²) >= 11 is 4.14. The van der Waals surface area contributed by atoms with Crippen molar-refractivity contribution in [2.45, 2.75) is 6.04 Å². The van der Waals surface area contributed by atoms with E-state index in [1.54, 1.807) is 12.1 Å². The summed E-state index contributed by atoms with van der Waals surface area (Å²) in [5.41, 5.74) is 8.62. The summed E-state index contributed by atoms with van der Waals surface area (Å²) in [7, 11) is 0. The topological polar surface area (TPSA) is 75.3 Å². The highest BCUT2D eigenvalue weighted by Gasteiger charge is 2.10. The van der Waals surface area contributed by atoms with Crippen molar-refractivity contribution >= 4 is 24.3 Å². The molecular formula is C16H18N2O2S. The first-order valence-corrected chi connectivity index (χ1v) is 7.28. The zero-order chi connectivity index (χ0) is 15.2. The van der Waals surface area contributed by atoms with E-state index in [1.165, 1.54) is 0 Å². The fraction of sp³-hybridized carbons (Fsp3) is 0.188. The predicted octanol–water partition coefficient (Wildman–Crippen LogP) is 2.72. The molecule has 5 heteroatoms. The van der Waals surface area contributed by atoms with Gasteiger partial charge in [-0.2, -0.15) is 12.6 Å². The summed E-state index contributed by atoms with van der Waals surface area (Å²) in [5, 5.41) is 12.4. The molecule has 2 aromatic rings. The molecule has 0 saturated heterocycles. The highest BCUT2D eigenvalue weighted by molar-refractivity contribution is 7.80. The van der Waals surface area contributed by atoms with Gasteiger partial charge in [-0.05, 0) is 29.3 Å². The largest absolute Gasteiger partial charge is 0.478 e. The average Bonchev–Trinajstić information content (AvgIpc) is 2.53. The van der Waals surface area contributed by atoms with E-state index < -0.39 is 5.97 Å². The third-order valence-electron chi connectivity index (χ3n) is 3.16. The molecule has 0 heterocycles. The van der Waals surface area contributed by atoms with Gasteiger partial charge in [-0.3, -0.25) is 0 Å². The standard InChI is InChI=1S/C16H18N2O2S/c17-12(10-21)9-18-13-7-5-11(6-8-13)14-3-1-2-4-15(14)16(19)20/h1-8,12,18,21H,9-10,17H2,(H,19,20)/t12-/m1/s1. The highest BCUT2D eigenvalue weighted by atomic mass is 32.1. The Labute approximate surface area is 129 Å². The molecule has 21 heavy (non-hydrogen) atoms. The summed E-state index contributed by atoms with van der Waals surface area (Å²) in [4.78, 5) is 11.2. The van der Waals surface area contributed by atoms with E-state index >= 15 is 0 Å². The van der Waals surface area contributed by atoms with Crippen LogP contribution in [0.25, 0.3) is 11.1 Å². The van der Waals surface area contributed by atoms with Crippen LogP contribution in [0.15, 0.2) is 48.5 Å². The number of hydrogen-bond acceptors (Lipinski definition) is 4. The molecular weight excluding hydrogens is 284 g/mol. The smallest absolute Gasteiger partial charge is 0.336 e. The molecule has 0 fully saturated rings. The lowest BCUT2D eigenvalue weighted by Crippen LogP contribution is -2.30. The molecule has 4 nitrogen and oxygen atoms in total. The lowest BCUT2D eigenvalue weighted by atomic mass is 9.99. The fourth-order valence-corrected chi connectivity index (χ4v) is 2.13. The molecule has 110 valence electrons. The molecule has 0 unspecified atom stereocenters. The van der Waals surface area contributed by atoms with Crippen molar-refractivity contribution in [2.75, 3.05) is 17.6 Å². The van der Waals surface area contributed by atoms with E-state index in [1.807, 2.05) is 36.4 Å². The Hall–Kier alpha value is -1.98. The van der Waals surface area contributed by atoms with Crippen LogP contribution < -0.4 is 11.1 Å². The Morgan fingerprint density at radius 2 is 1.86 bits per heavy atom. The maximum absolute atomic E-state index is 11.2. The van der Waals surface area contributed by atoms with Crippen LogP contribution in [-0.2, 0) is 0 Å². The molecule has 2 rings (SSSR count). The summed E-state index contributed by atoms with van der Waals surface area (Å²) in [6.45, 7) is 0.647. The number of hydrogen-bond donors (Lipinski definition) is 4. The van der Waals surface area contributed by atoms with Crippen LogP contribution in [0.1, 0.15) is 10.4 Å². The van der Waals surface area contributed by atoms with E-state index in [-0.39, 0.29) is 6.04 Å². The van der Waals surface area contributed by atoms with Crippen molar-refractivity contribution in [3.8, 4) is 11.1 Å². The van der Waals surface area contributed by atoms with Crippen molar-refractivity contribution in [3.05, 3.63) is 54.1 Å². The summed E-state index contributed by atoms with van der Waals surface area (Å²) in [5.74, 6) is -0.301. The summed E-state index contributed by atoms with van der Waals surface area (Å²) < 4.78 is 0. The van der Waals surface area contributed by atoms with Gasteiger partial charge >= 0.3 is 5.97 Å². The minimum atomic E-state index is -0.924. The van der Waals surface area contributed by atoms with Gasteiger partial charge in [0, 0.05) is 24.0 Å². The van der Waals surface area contributed by atoms with Crippen molar-refractivity contribution in [2.24, 2.45) is 5.73 Å². The molecule has 0 aliphatic rings. The summed E-state index contributed by atoms with van der Waals surface area (Å²) in [6.07, 6.45) is 0. The summed E-state index contributed by atoms with van der Waals surface area (Å²) in [6, 6.07) is 14.6. The number of aromatic carboxylic acids is 1. The van der Waals surface area contributed by atoms with Gasteiger partial charge in [-0.15, -0.1) is 0 Å². The quantitative estimate of drug-likeness (QED) is 0.619. The minimum absolute atomic E-state index is 0.000691. The molecule has 0 aliphatic carbocycles. The van der Waals surface area contributed by atoms with Crippen LogP contribution in [0, 0.1) is 0 Å². The van der Waals surface area contributed by atoms with E-state index in [0.29, 0.717) is 23.4 Å². The first-order chi connectivity index (χ1) is 10.1. The van der Waals surface area contributed by atoms with Gasteiger partial charge < -0.3 is 16.2 Å². The van der Waals surface area contributed by atoms with Crippen molar-refractivity contribution in [1.82, 2.24) is 0 Å². The Kier molecular flexibility index (Phi) is 5.25. The molecule has 0 saturated carbocycles. The van der Waals surface area contributed by atoms with Crippen LogP contribution in [0.2, 0.25) is 0 Å². The molecule has 2 aromatic carbocycles. The van der Waals surface area contributed by atoms with E-state index in [0.717, 1.165) is 11.3 Å². The highest BCUT2D eigenvalue weighted by Crippen LogP contribution is 2.25. The number of carboxylic acids is 1. The Bertz CT molecular complexity index is 614. The molecule has 0 amide bonds. The van der Waals surface area contributed by atoms with Crippen molar-refractivity contribution in [3.63, 3.8) is 0 Å². The van der Waals surface area contributed by atoms with Crippen molar-refractivity contribution in [1.29, 1.82) is 0 Å². The Morgan fingerprint density at radius 3 is 2.48 bits per heavy atom. The molecule has 1 atom stereocenters. The minimum Gasteiger partial charge on any atom is -0.478 e. The number of carbonyl (C=O) groups is 1. The van der Waals surface area contributed by atoms with Crippen molar-refractivity contribution < 1.29 is 9.90 Å². The number of benzene rings is 2. The van der Waals surface area contributed by atoms with Crippen LogP contribution in [-0.4, -0.2) is 29.4 Å². The van der Waals surface area contributed by atoms with E-state index in [2.05, 4.69) is 17.9 Å². The third-order valence-corrected chi connectivity index (χ3v) is 3.63. The van der Waals surface area contributed by atoms with Crippen LogP contribution in [0.3, 0.4) is 0 Å². The number of thiol groups is 1. The maximum Gasteiger partial charge on any atom is 0.336 e. The lowest BCUT2D eigenvalue weighted by Gasteiger charge is -2.12. The second-order valence-corrected chi connectivity index (χ2v) is 5.12. The van der Waals surface area contributed by atoms with Gasteiger partial charge in [-0.25, -0.2) is 4.79 Å². The van der Waals surface area contributed by atoms with Crippen LogP contribution in [0.4, 0.5) is 5.69 Å². The van der Waals surface area contributed by atoms with Crippen LogP contribution >= 0.6 is 12.6 Å². The van der Waals surface area contributed by atoms with Crippen LogP contribution in [0.5, 0.6) is 0 Å². The predicted molar refractivity (Wildman–Crippen MR) is 89.2 cm³/mol. The monoisotopic (exact) mass is 302 g/mol. The third kappa shape index (κ3) is 4.00. The van der Waals surface area contributed by atoms with Gasteiger partial charge in [0.05, 0.1) is 5.56 Å². The first-order valence-electron chi connectivity index (χ1n) is 6.65. The van der Waals surface area contributed by atoms with E-state index in [4.69, 9.17) is 5.73 Å². The second kappa shape index (κ2) is 7.15. The van der Waals surface area contributed by atoms with E-state index in [9.17, 15) is 9.90 Å². The number of nitrogens with two attached hydrogens (primary N) is 1. The van der Waals surface area contributed by atoms with Gasteiger partial charge in [-0.1, -0.05) is 30.3 Å².